The van der Waals surface area contributed by atoms with Crippen LogP contribution in [-0.4, -0.2) is 23.1 Å². The summed E-state index contributed by atoms with van der Waals surface area (Å²) in [6, 6.07) is 0. The number of aliphatic carboxylic acids is 1. The zero-order chi connectivity index (χ0) is 15.9. The first-order valence-corrected chi connectivity index (χ1v) is 8.09. The average Bonchev–Trinajstić information content (AvgIpc) is 2.92. The van der Waals surface area contributed by atoms with Crippen LogP contribution in [-0.2, 0) is 14.3 Å². The number of carboxylic acid groups (broad SMARTS) is 1. The highest BCUT2D eigenvalue weighted by Gasteiger charge is 2.67. The lowest BCUT2D eigenvalue weighted by Crippen LogP contribution is -2.36. The number of esters is 1. The SMILES string of the molecule is CC1CCC(C(C)C)C(OC(=O)C2C(C(=O)O)C2(C)C)C1. The fraction of sp³-hybridized carbons (Fsp3) is 0.882. The molecule has 2 aliphatic carbocycles. The van der Waals surface area contributed by atoms with Gasteiger partial charge >= 0.3 is 11.9 Å². The highest BCUT2D eigenvalue weighted by Crippen LogP contribution is 2.59. The third-order valence-electron chi connectivity index (χ3n) is 5.58. The summed E-state index contributed by atoms with van der Waals surface area (Å²) in [5.41, 5.74) is -0.476. The number of carboxylic acids is 1. The van der Waals surface area contributed by atoms with Gasteiger partial charge in [-0.3, -0.25) is 9.59 Å². The topological polar surface area (TPSA) is 63.6 Å². The first kappa shape index (κ1) is 16.3. The second-order valence-corrected chi connectivity index (χ2v) is 7.92. The van der Waals surface area contributed by atoms with Crippen LogP contribution >= 0.6 is 0 Å². The van der Waals surface area contributed by atoms with Gasteiger partial charge in [-0.2, -0.15) is 0 Å². The fourth-order valence-electron chi connectivity index (χ4n) is 4.01. The molecular weight excluding hydrogens is 268 g/mol. The maximum absolute atomic E-state index is 12.4. The lowest BCUT2D eigenvalue weighted by Gasteiger charge is -2.36. The van der Waals surface area contributed by atoms with Crippen molar-refractivity contribution in [3.63, 3.8) is 0 Å². The molecule has 4 heteroatoms. The molecule has 0 aromatic carbocycles. The van der Waals surface area contributed by atoms with Gasteiger partial charge in [-0.1, -0.05) is 41.0 Å². The maximum Gasteiger partial charge on any atom is 0.310 e. The second kappa shape index (κ2) is 5.62. The summed E-state index contributed by atoms with van der Waals surface area (Å²) in [7, 11) is 0. The van der Waals surface area contributed by atoms with Gasteiger partial charge in [0.05, 0.1) is 11.8 Å². The van der Waals surface area contributed by atoms with Crippen LogP contribution in [0.15, 0.2) is 0 Å². The number of carbonyl (C=O) groups excluding carboxylic acids is 1. The van der Waals surface area contributed by atoms with Crippen molar-refractivity contribution >= 4 is 11.9 Å². The van der Waals surface area contributed by atoms with Crippen molar-refractivity contribution in [3.8, 4) is 0 Å². The molecule has 21 heavy (non-hydrogen) atoms. The maximum atomic E-state index is 12.4. The highest BCUT2D eigenvalue weighted by atomic mass is 16.5. The summed E-state index contributed by atoms with van der Waals surface area (Å²) in [5.74, 6) is -0.826. The average molecular weight is 296 g/mol. The lowest BCUT2D eigenvalue weighted by molar-refractivity contribution is -0.159. The molecule has 0 bridgehead atoms. The van der Waals surface area contributed by atoms with Crippen molar-refractivity contribution < 1.29 is 19.4 Å². The van der Waals surface area contributed by atoms with E-state index in [4.69, 9.17) is 4.74 Å². The molecule has 0 aliphatic heterocycles. The third-order valence-corrected chi connectivity index (χ3v) is 5.58. The molecule has 5 unspecified atom stereocenters. The molecule has 2 aliphatic rings. The van der Waals surface area contributed by atoms with Gasteiger partial charge in [-0.05, 0) is 36.0 Å². The second-order valence-electron chi connectivity index (χ2n) is 7.92. The number of rotatable bonds is 4. The molecule has 1 N–H and O–H groups in total. The molecule has 4 nitrogen and oxygen atoms in total. The normalized spacial score (nSPS) is 38.1. The van der Waals surface area contributed by atoms with E-state index in [1.807, 2.05) is 13.8 Å². The Balaban J connectivity index is 2.03. The van der Waals surface area contributed by atoms with Gasteiger partial charge in [0.1, 0.15) is 6.10 Å². The molecule has 5 atom stereocenters. The van der Waals surface area contributed by atoms with Gasteiger partial charge in [-0.15, -0.1) is 0 Å². The van der Waals surface area contributed by atoms with Crippen molar-refractivity contribution in [2.45, 2.75) is 60.0 Å². The molecule has 0 aromatic heterocycles. The van der Waals surface area contributed by atoms with Crippen molar-refractivity contribution in [1.82, 2.24) is 0 Å². The van der Waals surface area contributed by atoms with E-state index in [9.17, 15) is 14.7 Å². The van der Waals surface area contributed by atoms with E-state index in [1.54, 1.807) is 0 Å². The molecule has 0 heterocycles. The summed E-state index contributed by atoms with van der Waals surface area (Å²) in [5, 5.41) is 9.19. The Morgan fingerprint density at radius 1 is 1.19 bits per heavy atom. The quantitative estimate of drug-likeness (QED) is 0.808. The van der Waals surface area contributed by atoms with Gasteiger partial charge in [0.25, 0.3) is 0 Å². The molecule has 2 rings (SSSR count). The van der Waals surface area contributed by atoms with E-state index >= 15 is 0 Å². The van der Waals surface area contributed by atoms with Crippen LogP contribution < -0.4 is 0 Å². The van der Waals surface area contributed by atoms with Crippen molar-refractivity contribution in [2.75, 3.05) is 0 Å². The van der Waals surface area contributed by atoms with E-state index in [1.165, 1.54) is 6.42 Å². The zero-order valence-electron chi connectivity index (χ0n) is 13.8. The lowest BCUT2D eigenvalue weighted by atomic mass is 9.75. The van der Waals surface area contributed by atoms with Crippen molar-refractivity contribution in [3.05, 3.63) is 0 Å². The summed E-state index contributed by atoms with van der Waals surface area (Å²) < 4.78 is 5.77. The molecule has 120 valence electrons. The van der Waals surface area contributed by atoms with E-state index in [-0.39, 0.29) is 12.1 Å². The molecular formula is C17H28O4. The van der Waals surface area contributed by atoms with Crippen LogP contribution in [0.5, 0.6) is 0 Å². The Labute approximate surface area is 127 Å². The molecule has 0 spiro atoms. The predicted octanol–water partition coefficient (Wildman–Crippen LogP) is 3.35. The molecule has 0 saturated heterocycles. The van der Waals surface area contributed by atoms with Crippen molar-refractivity contribution in [1.29, 1.82) is 0 Å². The molecule has 0 amide bonds. The van der Waals surface area contributed by atoms with Crippen molar-refractivity contribution in [2.24, 2.45) is 35.0 Å². The third kappa shape index (κ3) is 3.09. The van der Waals surface area contributed by atoms with Gasteiger partial charge < -0.3 is 9.84 Å². The highest BCUT2D eigenvalue weighted by molar-refractivity contribution is 5.88. The number of hydrogen-bond acceptors (Lipinski definition) is 3. The zero-order valence-corrected chi connectivity index (χ0v) is 13.8. The van der Waals surface area contributed by atoms with E-state index in [2.05, 4.69) is 20.8 Å². The van der Waals surface area contributed by atoms with Gasteiger partial charge in [-0.25, -0.2) is 0 Å². The van der Waals surface area contributed by atoms with Gasteiger partial charge in [0, 0.05) is 0 Å². The number of hydrogen-bond donors (Lipinski definition) is 1. The molecule has 2 saturated carbocycles. The Bertz CT molecular complexity index is 427. The predicted molar refractivity (Wildman–Crippen MR) is 79.6 cm³/mol. The number of carbonyl (C=O) groups is 2. The van der Waals surface area contributed by atoms with E-state index in [0.717, 1.165) is 12.8 Å². The Morgan fingerprint density at radius 2 is 1.81 bits per heavy atom. The van der Waals surface area contributed by atoms with E-state index in [0.29, 0.717) is 17.8 Å². The Kier molecular flexibility index (Phi) is 4.36. The smallest absolute Gasteiger partial charge is 0.310 e. The van der Waals surface area contributed by atoms with Crippen LogP contribution in [0.3, 0.4) is 0 Å². The van der Waals surface area contributed by atoms with Crippen LogP contribution in [0, 0.1) is 35.0 Å². The van der Waals surface area contributed by atoms with Gasteiger partial charge in [0.2, 0.25) is 0 Å². The van der Waals surface area contributed by atoms with Gasteiger partial charge in [0.15, 0.2) is 0 Å². The Hall–Kier alpha value is -1.06. The Morgan fingerprint density at radius 3 is 2.29 bits per heavy atom. The van der Waals surface area contributed by atoms with Crippen LogP contribution in [0.25, 0.3) is 0 Å². The summed E-state index contributed by atoms with van der Waals surface area (Å²) in [6.45, 7) is 10.2. The first-order valence-electron chi connectivity index (χ1n) is 8.09. The largest absolute Gasteiger partial charge is 0.481 e. The minimum absolute atomic E-state index is 0.0490. The summed E-state index contributed by atoms with van der Waals surface area (Å²) in [4.78, 5) is 23.6. The minimum Gasteiger partial charge on any atom is -0.481 e. The minimum atomic E-state index is -0.889. The van der Waals surface area contributed by atoms with Crippen LogP contribution in [0.2, 0.25) is 0 Å². The monoisotopic (exact) mass is 296 g/mol. The fourth-order valence-corrected chi connectivity index (χ4v) is 4.01. The molecule has 0 radical (unpaired) electrons. The van der Waals surface area contributed by atoms with Crippen LogP contribution in [0.4, 0.5) is 0 Å². The standard InChI is InChI=1S/C17H28O4/c1-9(2)11-7-6-10(3)8-12(11)21-16(20)14-13(15(18)19)17(14,4)5/h9-14H,6-8H2,1-5H3,(H,18,19). The summed E-state index contributed by atoms with van der Waals surface area (Å²) in [6.07, 6.45) is 3.13. The van der Waals surface area contributed by atoms with E-state index < -0.39 is 23.2 Å². The number of ether oxygens (including phenoxy) is 1. The molecule has 0 aromatic rings. The van der Waals surface area contributed by atoms with Crippen LogP contribution in [0.1, 0.15) is 53.9 Å². The summed E-state index contributed by atoms with van der Waals surface area (Å²) >= 11 is 0. The molecule has 2 fully saturated rings. The first-order chi connectivity index (χ1) is 9.66.